The maximum atomic E-state index is 5.50. The Morgan fingerprint density at radius 1 is 0.350 bits per heavy atom. The van der Waals surface area contributed by atoms with Crippen molar-refractivity contribution in [2.45, 2.75) is 15.2 Å². The summed E-state index contributed by atoms with van der Waals surface area (Å²) < 4.78 is 0. The molecule has 0 bridgehead atoms. The maximum Gasteiger partial charge on any atom is 0.0972 e. The molecule has 0 saturated carbocycles. The predicted octanol–water partition coefficient (Wildman–Crippen LogP) is 14.3. The third kappa shape index (κ3) is 4.77. The van der Waals surface area contributed by atoms with Gasteiger partial charge in [0.05, 0.1) is 39.0 Å². The Balaban J connectivity index is 1.05. The van der Waals surface area contributed by atoms with Crippen LogP contribution in [0.5, 0.6) is 0 Å². The molecule has 0 N–H and O–H groups in total. The highest BCUT2D eigenvalue weighted by molar-refractivity contribution is 7.99. The Kier molecular flexibility index (Phi) is 7.16. The minimum absolute atomic E-state index is 0.477. The summed E-state index contributed by atoms with van der Waals surface area (Å²) in [7, 11) is 0. The fourth-order valence-corrected chi connectivity index (χ4v) is 11.2. The normalized spacial score (nSPS) is 13.4. The second kappa shape index (κ2) is 12.8. The van der Waals surface area contributed by atoms with Crippen LogP contribution in [0.15, 0.2) is 210 Å². The number of hydrogen-bond acceptors (Lipinski definition) is 4. The molecule has 0 radical (unpaired) electrons. The first-order chi connectivity index (χ1) is 29.7. The SMILES string of the molecule is c1ccc(-c2ccc3ccc4ccc(-c5cccc(-c6nc7ccccc7c7cc8c(cc67)C6(c7ccccc7Sc7ccccc76)c6ccccc6-8)c5)nc4c3n2)cc1. The second-order valence-electron chi connectivity index (χ2n) is 15.9. The molecule has 11 aromatic rings. The maximum absolute atomic E-state index is 5.50. The minimum atomic E-state index is -0.477. The van der Waals surface area contributed by atoms with Crippen molar-refractivity contribution in [3.8, 4) is 44.9 Å². The molecule has 2 aliphatic rings. The third-order valence-corrected chi connectivity index (χ3v) is 13.8. The average molecular weight is 780 g/mol. The van der Waals surface area contributed by atoms with Crippen molar-refractivity contribution in [1.29, 1.82) is 0 Å². The molecule has 0 unspecified atom stereocenters. The number of benzene rings is 8. The Morgan fingerprint density at radius 2 is 0.933 bits per heavy atom. The van der Waals surface area contributed by atoms with E-state index in [1.165, 1.54) is 48.6 Å². The molecule has 4 heteroatoms. The summed E-state index contributed by atoms with van der Waals surface area (Å²) in [6, 6.07) is 72.5. The summed E-state index contributed by atoms with van der Waals surface area (Å²) in [5.74, 6) is 0. The number of fused-ring (bicyclic) bond motifs is 15. The molecule has 278 valence electrons. The number of para-hydroxylation sites is 1. The Labute approximate surface area is 351 Å². The summed E-state index contributed by atoms with van der Waals surface area (Å²) in [4.78, 5) is 18.6. The number of pyridine rings is 3. The highest BCUT2D eigenvalue weighted by Gasteiger charge is 2.50. The number of rotatable bonds is 3. The smallest absolute Gasteiger partial charge is 0.0972 e. The first-order valence-electron chi connectivity index (χ1n) is 20.4. The molecule has 4 heterocycles. The minimum Gasteiger partial charge on any atom is -0.247 e. The molecule has 1 aliphatic heterocycles. The van der Waals surface area contributed by atoms with Gasteiger partial charge in [-0.1, -0.05) is 163 Å². The Bertz CT molecular complexity index is 3550. The van der Waals surface area contributed by atoms with E-state index >= 15 is 0 Å². The van der Waals surface area contributed by atoms with Crippen LogP contribution >= 0.6 is 11.8 Å². The van der Waals surface area contributed by atoms with Crippen molar-refractivity contribution in [1.82, 2.24) is 15.0 Å². The Hall–Kier alpha value is -7.40. The summed E-state index contributed by atoms with van der Waals surface area (Å²) in [6.45, 7) is 0. The van der Waals surface area contributed by atoms with Gasteiger partial charge in [0, 0.05) is 48.0 Å². The van der Waals surface area contributed by atoms with Gasteiger partial charge in [0.1, 0.15) is 0 Å². The molecule has 0 atom stereocenters. The molecule has 0 saturated heterocycles. The van der Waals surface area contributed by atoms with Gasteiger partial charge in [0.2, 0.25) is 0 Å². The van der Waals surface area contributed by atoms with Crippen molar-refractivity contribution in [3.05, 3.63) is 222 Å². The molecule has 1 aliphatic carbocycles. The van der Waals surface area contributed by atoms with Crippen molar-refractivity contribution in [2.24, 2.45) is 0 Å². The van der Waals surface area contributed by atoms with Gasteiger partial charge < -0.3 is 0 Å². The van der Waals surface area contributed by atoms with Crippen LogP contribution in [-0.2, 0) is 5.41 Å². The van der Waals surface area contributed by atoms with E-state index in [2.05, 4.69) is 194 Å². The zero-order valence-corrected chi connectivity index (χ0v) is 33.1. The molecule has 1 spiro atoms. The van der Waals surface area contributed by atoms with E-state index in [0.717, 1.165) is 71.9 Å². The van der Waals surface area contributed by atoms with E-state index in [4.69, 9.17) is 15.0 Å². The fourth-order valence-electron chi connectivity index (χ4n) is 10.0. The first-order valence-corrected chi connectivity index (χ1v) is 21.2. The standard InChI is InChI=1S/C56H33N3S/c1-2-13-34(14-3-1)48-29-27-35-25-26-36-28-30-49(58-55(36)54(35)57-48)37-15-12-16-38(31-37)53-43-33-47-42(32-41(43)40-18-5-9-22-50(40)59-53)39-17-4-6-19-44(39)56(47)45-20-7-10-23-51(45)60-52-24-11-8-21-46(52)56/h1-33H. The molecule has 3 nitrogen and oxygen atoms in total. The van der Waals surface area contributed by atoms with E-state index in [1.54, 1.807) is 0 Å². The van der Waals surface area contributed by atoms with Gasteiger partial charge in [-0.2, -0.15) is 0 Å². The van der Waals surface area contributed by atoms with Gasteiger partial charge in [0.15, 0.2) is 0 Å². The van der Waals surface area contributed by atoms with Gasteiger partial charge in [-0.3, -0.25) is 0 Å². The zero-order chi connectivity index (χ0) is 39.4. The average Bonchev–Trinajstić information content (AvgIpc) is 3.60. The van der Waals surface area contributed by atoms with Crippen molar-refractivity contribution < 1.29 is 0 Å². The monoisotopic (exact) mass is 779 g/mol. The zero-order valence-electron chi connectivity index (χ0n) is 32.3. The van der Waals surface area contributed by atoms with Gasteiger partial charge >= 0.3 is 0 Å². The van der Waals surface area contributed by atoms with Crippen molar-refractivity contribution in [3.63, 3.8) is 0 Å². The molecular weight excluding hydrogens is 747 g/mol. The number of nitrogens with zero attached hydrogens (tertiary/aromatic N) is 3. The van der Waals surface area contributed by atoms with Gasteiger partial charge in [-0.15, -0.1) is 0 Å². The molecule has 13 rings (SSSR count). The van der Waals surface area contributed by atoms with Crippen LogP contribution in [0.25, 0.3) is 88.4 Å². The highest BCUT2D eigenvalue weighted by atomic mass is 32.2. The summed E-state index contributed by atoms with van der Waals surface area (Å²) in [5, 5.41) is 5.63. The van der Waals surface area contributed by atoms with E-state index in [1.807, 2.05) is 17.8 Å². The highest BCUT2D eigenvalue weighted by Crippen LogP contribution is 2.62. The molecule has 0 fully saturated rings. The van der Waals surface area contributed by atoms with Crippen molar-refractivity contribution >= 4 is 55.2 Å². The van der Waals surface area contributed by atoms with E-state index in [9.17, 15) is 0 Å². The quantitative estimate of drug-likeness (QED) is 0.167. The fraction of sp³-hybridized carbons (Fsp3) is 0.0179. The lowest BCUT2D eigenvalue weighted by molar-refractivity contribution is 0.723. The van der Waals surface area contributed by atoms with E-state index < -0.39 is 5.41 Å². The lowest BCUT2D eigenvalue weighted by atomic mass is 9.67. The lowest BCUT2D eigenvalue weighted by Crippen LogP contribution is -2.31. The summed E-state index contributed by atoms with van der Waals surface area (Å²) in [5.41, 5.74) is 16.1. The third-order valence-electron chi connectivity index (χ3n) is 12.7. The van der Waals surface area contributed by atoms with E-state index in [0.29, 0.717) is 0 Å². The molecule has 60 heavy (non-hydrogen) atoms. The predicted molar refractivity (Wildman–Crippen MR) is 248 cm³/mol. The number of hydrogen-bond donors (Lipinski definition) is 0. The van der Waals surface area contributed by atoms with Crippen LogP contribution in [0, 0.1) is 0 Å². The van der Waals surface area contributed by atoms with Gasteiger partial charge in [0.25, 0.3) is 0 Å². The van der Waals surface area contributed by atoms with Crippen LogP contribution in [-0.4, -0.2) is 15.0 Å². The van der Waals surface area contributed by atoms with Crippen LogP contribution in [0.4, 0.5) is 0 Å². The van der Waals surface area contributed by atoms with Gasteiger partial charge in [-0.25, -0.2) is 15.0 Å². The van der Waals surface area contributed by atoms with Crippen LogP contribution in [0.1, 0.15) is 22.3 Å². The lowest BCUT2D eigenvalue weighted by Gasteiger charge is -2.39. The summed E-state index contributed by atoms with van der Waals surface area (Å²) in [6.07, 6.45) is 0. The Morgan fingerprint density at radius 3 is 1.68 bits per heavy atom. The topological polar surface area (TPSA) is 38.7 Å². The van der Waals surface area contributed by atoms with Crippen LogP contribution in [0.2, 0.25) is 0 Å². The van der Waals surface area contributed by atoms with E-state index in [-0.39, 0.29) is 0 Å². The molecule has 8 aromatic carbocycles. The largest absolute Gasteiger partial charge is 0.247 e. The molecule has 3 aromatic heterocycles. The molecule has 0 amide bonds. The summed E-state index contributed by atoms with van der Waals surface area (Å²) >= 11 is 1.88. The van der Waals surface area contributed by atoms with Crippen LogP contribution in [0.3, 0.4) is 0 Å². The number of aromatic nitrogens is 3. The second-order valence-corrected chi connectivity index (χ2v) is 16.9. The first kappa shape index (κ1) is 33.6. The van der Waals surface area contributed by atoms with Crippen molar-refractivity contribution in [2.75, 3.05) is 0 Å². The van der Waals surface area contributed by atoms with Crippen LogP contribution < -0.4 is 0 Å². The van der Waals surface area contributed by atoms with Gasteiger partial charge in [-0.05, 0) is 87.3 Å². The molecular formula is C56H33N3S.